The Morgan fingerprint density at radius 2 is 2.00 bits per heavy atom. The van der Waals surface area contributed by atoms with E-state index >= 15 is 0 Å². The van der Waals surface area contributed by atoms with Gasteiger partial charge in [-0.1, -0.05) is 30.3 Å². The van der Waals surface area contributed by atoms with Gasteiger partial charge in [-0.15, -0.1) is 0 Å². The van der Waals surface area contributed by atoms with Gasteiger partial charge < -0.3 is 9.84 Å². The molecule has 0 aliphatic carbocycles. The third-order valence-corrected chi connectivity index (χ3v) is 3.18. The molecule has 2 rings (SSSR count). The molecule has 0 aliphatic heterocycles. The molecule has 1 aromatic carbocycles. The quantitative estimate of drug-likeness (QED) is 0.864. The third kappa shape index (κ3) is 3.80. The number of ether oxygens (including phenoxy) is 1. The minimum absolute atomic E-state index is 0.498. The van der Waals surface area contributed by atoms with Gasteiger partial charge in [0.05, 0.1) is 19.4 Å². The van der Waals surface area contributed by atoms with Gasteiger partial charge in [-0.2, -0.15) is 0 Å². The highest BCUT2D eigenvalue weighted by Gasteiger charge is 2.12. The number of aromatic nitrogens is 1. The van der Waals surface area contributed by atoms with Crippen LogP contribution in [0, 0.1) is 0 Å². The zero-order valence-corrected chi connectivity index (χ0v) is 11.1. The number of aryl methyl sites for hydroxylation is 1. The SMILES string of the molecule is COc1cnccc1C(O)CCCc1ccccc1. The van der Waals surface area contributed by atoms with Crippen molar-refractivity contribution < 1.29 is 9.84 Å². The average molecular weight is 257 g/mol. The average Bonchev–Trinajstić information content (AvgIpc) is 2.48. The van der Waals surface area contributed by atoms with Crippen LogP contribution in [0.15, 0.2) is 48.8 Å². The zero-order valence-electron chi connectivity index (χ0n) is 11.1. The van der Waals surface area contributed by atoms with Crippen LogP contribution >= 0.6 is 0 Å². The van der Waals surface area contributed by atoms with Crippen LogP contribution in [-0.2, 0) is 6.42 Å². The molecule has 1 N–H and O–H groups in total. The van der Waals surface area contributed by atoms with Crippen LogP contribution in [0.3, 0.4) is 0 Å². The van der Waals surface area contributed by atoms with Crippen LogP contribution in [0.2, 0.25) is 0 Å². The van der Waals surface area contributed by atoms with Crippen molar-refractivity contribution in [1.29, 1.82) is 0 Å². The molecule has 100 valence electrons. The Balaban J connectivity index is 1.89. The fraction of sp³-hybridized carbons (Fsp3) is 0.312. The van der Waals surface area contributed by atoms with Crippen LogP contribution in [-0.4, -0.2) is 17.2 Å². The summed E-state index contributed by atoms with van der Waals surface area (Å²) >= 11 is 0. The van der Waals surface area contributed by atoms with Gasteiger partial charge in [0.1, 0.15) is 5.75 Å². The van der Waals surface area contributed by atoms with Gasteiger partial charge in [-0.05, 0) is 30.9 Å². The summed E-state index contributed by atoms with van der Waals surface area (Å²) in [6, 6.07) is 12.1. The highest BCUT2D eigenvalue weighted by molar-refractivity contribution is 5.31. The Kier molecular flexibility index (Phi) is 4.93. The van der Waals surface area contributed by atoms with Crippen molar-refractivity contribution in [2.75, 3.05) is 7.11 Å². The lowest BCUT2D eigenvalue weighted by molar-refractivity contribution is 0.160. The molecule has 3 nitrogen and oxygen atoms in total. The number of methoxy groups -OCH3 is 1. The van der Waals surface area contributed by atoms with Crippen molar-refractivity contribution in [3.63, 3.8) is 0 Å². The molecule has 0 fully saturated rings. The standard InChI is InChI=1S/C16H19NO2/c1-19-16-12-17-11-10-14(16)15(18)9-5-8-13-6-3-2-4-7-13/h2-4,6-7,10-12,15,18H,5,8-9H2,1H3. The first-order valence-electron chi connectivity index (χ1n) is 6.51. The maximum Gasteiger partial charge on any atom is 0.142 e. The fourth-order valence-corrected chi connectivity index (χ4v) is 2.14. The highest BCUT2D eigenvalue weighted by Crippen LogP contribution is 2.27. The molecule has 0 amide bonds. The lowest BCUT2D eigenvalue weighted by atomic mass is 10.0. The predicted octanol–water partition coefficient (Wildman–Crippen LogP) is 3.15. The largest absolute Gasteiger partial charge is 0.495 e. The van der Waals surface area contributed by atoms with Crippen molar-refractivity contribution in [2.24, 2.45) is 0 Å². The maximum absolute atomic E-state index is 10.2. The van der Waals surface area contributed by atoms with Crippen LogP contribution in [0.5, 0.6) is 5.75 Å². The van der Waals surface area contributed by atoms with E-state index in [1.807, 2.05) is 24.3 Å². The van der Waals surface area contributed by atoms with Gasteiger partial charge in [0.2, 0.25) is 0 Å². The van der Waals surface area contributed by atoms with E-state index in [1.165, 1.54) is 5.56 Å². The van der Waals surface area contributed by atoms with E-state index in [-0.39, 0.29) is 0 Å². The van der Waals surface area contributed by atoms with E-state index < -0.39 is 6.10 Å². The van der Waals surface area contributed by atoms with Crippen molar-refractivity contribution in [3.8, 4) is 5.75 Å². The summed E-state index contributed by atoms with van der Waals surface area (Å²) in [5, 5.41) is 10.2. The molecule has 0 saturated carbocycles. The van der Waals surface area contributed by atoms with E-state index in [2.05, 4.69) is 17.1 Å². The van der Waals surface area contributed by atoms with Gasteiger partial charge in [0.25, 0.3) is 0 Å². The molecule has 0 bridgehead atoms. The first-order chi connectivity index (χ1) is 9.31. The lowest BCUT2D eigenvalue weighted by Crippen LogP contribution is -2.02. The predicted molar refractivity (Wildman–Crippen MR) is 75.1 cm³/mol. The van der Waals surface area contributed by atoms with Crippen molar-refractivity contribution in [2.45, 2.75) is 25.4 Å². The monoisotopic (exact) mass is 257 g/mol. The van der Waals surface area contributed by atoms with E-state index in [0.717, 1.165) is 24.8 Å². The van der Waals surface area contributed by atoms with Gasteiger partial charge in [0.15, 0.2) is 0 Å². The highest BCUT2D eigenvalue weighted by atomic mass is 16.5. The van der Waals surface area contributed by atoms with Crippen molar-refractivity contribution in [3.05, 3.63) is 59.9 Å². The topological polar surface area (TPSA) is 42.4 Å². The van der Waals surface area contributed by atoms with Gasteiger partial charge in [0, 0.05) is 11.8 Å². The van der Waals surface area contributed by atoms with Gasteiger partial charge >= 0.3 is 0 Å². The second-order valence-electron chi connectivity index (χ2n) is 4.51. The molecule has 1 unspecified atom stereocenters. The fourth-order valence-electron chi connectivity index (χ4n) is 2.14. The van der Waals surface area contributed by atoms with E-state index in [4.69, 9.17) is 4.74 Å². The molecule has 0 aliphatic rings. The van der Waals surface area contributed by atoms with Gasteiger partial charge in [-0.3, -0.25) is 4.98 Å². The molecule has 1 atom stereocenters. The number of nitrogens with zero attached hydrogens (tertiary/aromatic N) is 1. The summed E-state index contributed by atoms with van der Waals surface area (Å²) in [6.45, 7) is 0. The first-order valence-corrected chi connectivity index (χ1v) is 6.51. The molecule has 2 aromatic rings. The Hall–Kier alpha value is -1.87. The number of aliphatic hydroxyl groups is 1. The van der Waals surface area contributed by atoms with Crippen molar-refractivity contribution in [1.82, 2.24) is 4.98 Å². The number of pyridine rings is 1. The number of hydrogen-bond acceptors (Lipinski definition) is 3. The summed E-state index contributed by atoms with van der Waals surface area (Å²) in [7, 11) is 1.59. The molecule has 1 aromatic heterocycles. The summed E-state index contributed by atoms with van der Waals surface area (Å²) in [4.78, 5) is 3.99. The second-order valence-corrected chi connectivity index (χ2v) is 4.51. The summed E-state index contributed by atoms with van der Waals surface area (Å²) in [5.74, 6) is 0.648. The lowest BCUT2D eigenvalue weighted by Gasteiger charge is -2.14. The van der Waals surface area contributed by atoms with Gasteiger partial charge in [-0.25, -0.2) is 0 Å². The third-order valence-electron chi connectivity index (χ3n) is 3.18. The number of benzene rings is 1. The Morgan fingerprint density at radius 1 is 1.21 bits per heavy atom. The molecule has 19 heavy (non-hydrogen) atoms. The maximum atomic E-state index is 10.2. The zero-order chi connectivity index (χ0) is 13.5. The van der Waals surface area contributed by atoms with E-state index in [1.54, 1.807) is 19.5 Å². The first kappa shape index (κ1) is 13.6. The number of aliphatic hydroxyl groups excluding tert-OH is 1. The van der Waals surface area contributed by atoms with E-state index in [0.29, 0.717) is 5.75 Å². The normalized spacial score (nSPS) is 12.1. The minimum atomic E-state index is -0.498. The second kappa shape index (κ2) is 6.90. The molecule has 3 heteroatoms. The Morgan fingerprint density at radius 3 is 2.74 bits per heavy atom. The number of rotatable bonds is 6. The minimum Gasteiger partial charge on any atom is -0.495 e. The van der Waals surface area contributed by atoms with Crippen LogP contribution in [0.1, 0.15) is 30.1 Å². The Bertz CT molecular complexity index is 499. The van der Waals surface area contributed by atoms with E-state index in [9.17, 15) is 5.11 Å². The molecule has 0 spiro atoms. The number of hydrogen-bond donors (Lipinski definition) is 1. The van der Waals surface area contributed by atoms with Crippen LogP contribution < -0.4 is 4.74 Å². The molecule has 0 radical (unpaired) electrons. The van der Waals surface area contributed by atoms with Crippen molar-refractivity contribution >= 4 is 0 Å². The molecule has 0 saturated heterocycles. The summed E-state index contributed by atoms with van der Waals surface area (Å²) in [6.07, 6.45) is 5.45. The summed E-state index contributed by atoms with van der Waals surface area (Å²) < 4.78 is 5.21. The smallest absolute Gasteiger partial charge is 0.142 e. The summed E-state index contributed by atoms with van der Waals surface area (Å²) in [5.41, 5.74) is 2.11. The van der Waals surface area contributed by atoms with Crippen LogP contribution in [0.4, 0.5) is 0 Å². The Labute approximate surface area is 113 Å². The van der Waals surface area contributed by atoms with Crippen LogP contribution in [0.25, 0.3) is 0 Å². The molecular formula is C16H19NO2. The molecular weight excluding hydrogens is 238 g/mol. The molecule has 1 heterocycles.